The Hall–Kier alpha value is -1.75. The Bertz CT molecular complexity index is 497. The van der Waals surface area contributed by atoms with Gasteiger partial charge in [0, 0.05) is 17.3 Å². The Kier molecular flexibility index (Phi) is 3.72. The zero-order valence-electron chi connectivity index (χ0n) is 10.3. The number of rotatable bonds is 3. The first-order chi connectivity index (χ1) is 8.61. The fraction of sp³-hybridized carbons (Fsp3) is 0.385. The van der Waals surface area contributed by atoms with Gasteiger partial charge in [-0.25, -0.2) is 0 Å². The molecule has 5 nitrogen and oxygen atoms in total. The highest BCUT2D eigenvalue weighted by molar-refractivity contribution is 5.86. The summed E-state index contributed by atoms with van der Waals surface area (Å²) in [5.74, 6) is 0. The van der Waals surface area contributed by atoms with Gasteiger partial charge in [-0.15, -0.1) is 0 Å². The lowest BCUT2D eigenvalue weighted by Gasteiger charge is -2.20. The lowest BCUT2D eigenvalue weighted by atomic mass is 10.0. The topological polar surface area (TPSA) is 64.7 Å². The molecule has 0 saturated heterocycles. The van der Waals surface area contributed by atoms with Gasteiger partial charge in [0.2, 0.25) is 0 Å². The van der Waals surface area contributed by atoms with Crippen LogP contribution in [0, 0.1) is 24.0 Å². The molecule has 0 saturated carbocycles. The minimum absolute atomic E-state index is 0.129. The van der Waals surface area contributed by atoms with Gasteiger partial charge < -0.3 is 4.74 Å². The summed E-state index contributed by atoms with van der Waals surface area (Å²) in [7, 11) is 0. The van der Waals surface area contributed by atoms with Crippen LogP contribution in [0.2, 0.25) is 0 Å². The molecular weight excluding hydrogens is 232 g/mol. The van der Waals surface area contributed by atoms with Crippen LogP contribution in [0.1, 0.15) is 23.6 Å². The highest BCUT2D eigenvalue weighted by atomic mass is 16.6. The van der Waals surface area contributed by atoms with Crippen molar-refractivity contribution < 1.29 is 9.66 Å². The normalized spacial score (nSPS) is 19.4. The van der Waals surface area contributed by atoms with Crippen molar-refractivity contribution in [2.24, 2.45) is 4.99 Å². The number of nitro benzene ring substituents is 1. The molecule has 1 aliphatic rings. The Morgan fingerprint density at radius 3 is 3.06 bits per heavy atom. The number of ether oxygens (including phenoxy) is 1. The van der Waals surface area contributed by atoms with Gasteiger partial charge in [0.25, 0.3) is 5.69 Å². The van der Waals surface area contributed by atoms with Gasteiger partial charge in [-0.1, -0.05) is 12.1 Å². The average molecular weight is 247 g/mol. The summed E-state index contributed by atoms with van der Waals surface area (Å²) in [5, 5.41) is 10.9. The molecule has 1 heterocycles. The maximum atomic E-state index is 10.9. The summed E-state index contributed by atoms with van der Waals surface area (Å²) in [5.41, 5.74) is 2.50. The zero-order valence-corrected chi connectivity index (χ0v) is 10.3. The van der Waals surface area contributed by atoms with Gasteiger partial charge in [0.05, 0.1) is 24.2 Å². The van der Waals surface area contributed by atoms with Crippen molar-refractivity contribution in [3.05, 3.63) is 46.4 Å². The molecule has 1 radical (unpaired) electrons. The molecule has 0 aromatic heterocycles. The van der Waals surface area contributed by atoms with Gasteiger partial charge >= 0.3 is 0 Å². The van der Waals surface area contributed by atoms with E-state index in [1.807, 2.05) is 6.07 Å². The molecule has 1 aromatic carbocycles. The van der Waals surface area contributed by atoms with Gasteiger partial charge in [-0.2, -0.15) is 0 Å². The molecular formula is C13H15N2O3. The van der Waals surface area contributed by atoms with Crippen LogP contribution >= 0.6 is 0 Å². The predicted octanol–water partition coefficient (Wildman–Crippen LogP) is 2.64. The fourth-order valence-electron chi connectivity index (χ4n) is 1.92. The maximum Gasteiger partial charge on any atom is 0.272 e. The molecule has 1 unspecified atom stereocenters. The zero-order chi connectivity index (χ0) is 13.1. The van der Waals surface area contributed by atoms with Crippen molar-refractivity contribution >= 4 is 11.4 Å². The number of hydrogen-bond acceptors (Lipinski definition) is 4. The van der Waals surface area contributed by atoms with E-state index in [1.54, 1.807) is 19.1 Å². The van der Waals surface area contributed by atoms with Crippen LogP contribution < -0.4 is 0 Å². The lowest BCUT2D eigenvalue weighted by molar-refractivity contribution is -0.385. The van der Waals surface area contributed by atoms with Gasteiger partial charge in [0.15, 0.2) is 0 Å². The van der Waals surface area contributed by atoms with Crippen molar-refractivity contribution in [3.63, 3.8) is 0 Å². The highest BCUT2D eigenvalue weighted by Crippen LogP contribution is 2.27. The summed E-state index contributed by atoms with van der Waals surface area (Å²) in [6.45, 7) is 6.47. The van der Waals surface area contributed by atoms with E-state index in [0.29, 0.717) is 25.2 Å². The van der Waals surface area contributed by atoms with Gasteiger partial charge in [-0.3, -0.25) is 15.1 Å². The maximum absolute atomic E-state index is 10.9. The van der Waals surface area contributed by atoms with E-state index in [1.165, 1.54) is 0 Å². The summed E-state index contributed by atoms with van der Waals surface area (Å²) in [4.78, 5) is 15.0. The Morgan fingerprint density at radius 1 is 1.61 bits per heavy atom. The van der Waals surface area contributed by atoms with Crippen LogP contribution in [0.5, 0.6) is 0 Å². The summed E-state index contributed by atoms with van der Waals surface area (Å²) >= 11 is 0. The monoisotopic (exact) mass is 247 g/mol. The van der Waals surface area contributed by atoms with Crippen LogP contribution in [-0.2, 0) is 4.74 Å². The molecule has 1 aliphatic heterocycles. The second-order valence-electron chi connectivity index (χ2n) is 4.28. The molecule has 1 atom stereocenters. The fourth-order valence-corrected chi connectivity index (χ4v) is 1.92. The molecule has 2 rings (SSSR count). The second-order valence-corrected chi connectivity index (χ2v) is 4.28. The average Bonchev–Trinajstić information content (AvgIpc) is 2.39. The molecule has 0 spiro atoms. The number of benzene rings is 1. The lowest BCUT2D eigenvalue weighted by Crippen LogP contribution is -2.20. The molecule has 0 bridgehead atoms. The summed E-state index contributed by atoms with van der Waals surface area (Å²) < 4.78 is 5.43. The van der Waals surface area contributed by atoms with Crippen LogP contribution in [0.3, 0.4) is 0 Å². The highest BCUT2D eigenvalue weighted by Gasteiger charge is 2.20. The quantitative estimate of drug-likeness (QED) is 0.609. The molecule has 0 fully saturated rings. The minimum atomic E-state index is -0.367. The summed E-state index contributed by atoms with van der Waals surface area (Å²) in [6, 6.07) is 5.04. The standard InChI is InChI=1S/C13H15N2O3/c1-3-11-7-18-8-12(14-11)10-5-4-9(2)13(6-10)15(16)17/h4-6,12H,1,3,7-8H2,2H3. The Morgan fingerprint density at radius 2 is 2.39 bits per heavy atom. The van der Waals surface area contributed by atoms with Crippen LogP contribution in [0.25, 0.3) is 0 Å². The number of aryl methyl sites for hydroxylation is 1. The van der Waals surface area contributed by atoms with E-state index in [0.717, 1.165) is 11.3 Å². The van der Waals surface area contributed by atoms with Gasteiger partial charge in [0.1, 0.15) is 0 Å². The molecule has 0 N–H and O–H groups in total. The second kappa shape index (κ2) is 5.27. The van der Waals surface area contributed by atoms with E-state index in [4.69, 9.17) is 4.74 Å². The SMILES string of the molecule is [CH2]CC1=NC(c2ccc(C)c([N+](=O)[O-])c2)COC1. The van der Waals surface area contributed by atoms with Crippen molar-refractivity contribution in [2.45, 2.75) is 19.4 Å². The van der Waals surface area contributed by atoms with Crippen LogP contribution in [-0.4, -0.2) is 23.8 Å². The van der Waals surface area contributed by atoms with E-state index in [-0.39, 0.29) is 16.7 Å². The minimum Gasteiger partial charge on any atom is -0.373 e. The van der Waals surface area contributed by atoms with E-state index >= 15 is 0 Å². The van der Waals surface area contributed by atoms with E-state index in [2.05, 4.69) is 11.9 Å². The number of nitro groups is 1. The Labute approximate surface area is 106 Å². The van der Waals surface area contributed by atoms with Crippen molar-refractivity contribution in [2.75, 3.05) is 13.2 Å². The molecule has 1 aromatic rings. The summed E-state index contributed by atoms with van der Waals surface area (Å²) in [6.07, 6.45) is 0.602. The van der Waals surface area contributed by atoms with Crippen LogP contribution in [0.4, 0.5) is 5.69 Å². The molecule has 0 amide bonds. The predicted molar refractivity (Wildman–Crippen MR) is 68.8 cm³/mol. The van der Waals surface area contributed by atoms with E-state index < -0.39 is 0 Å². The van der Waals surface area contributed by atoms with Crippen LogP contribution in [0.15, 0.2) is 23.2 Å². The third-order valence-corrected chi connectivity index (χ3v) is 2.99. The van der Waals surface area contributed by atoms with Gasteiger partial charge in [-0.05, 0) is 25.8 Å². The largest absolute Gasteiger partial charge is 0.373 e. The van der Waals surface area contributed by atoms with Crippen molar-refractivity contribution in [1.29, 1.82) is 0 Å². The smallest absolute Gasteiger partial charge is 0.272 e. The third kappa shape index (κ3) is 2.56. The third-order valence-electron chi connectivity index (χ3n) is 2.99. The molecule has 95 valence electrons. The van der Waals surface area contributed by atoms with E-state index in [9.17, 15) is 10.1 Å². The van der Waals surface area contributed by atoms with Crippen molar-refractivity contribution in [3.8, 4) is 0 Å². The number of hydrogen-bond donors (Lipinski definition) is 0. The van der Waals surface area contributed by atoms with Crippen molar-refractivity contribution in [1.82, 2.24) is 0 Å². The molecule has 18 heavy (non-hydrogen) atoms. The number of aliphatic imine (C=N–C) groups is 1. The molecule has 0 aliphatic carbocycles. The first kappa shape index (κ1) is 12.7. The number of nitrogens with zero attached hydrogens (tertiary/aromatic N) is 2. The first-order valence-electron chi connectivity index (χ1n) is 5.79. The molecule has 5 heteroatoms. The Balaban J connectivity index is 2.34. The first-order valence-corrected chi connectivity index (χ1v) is 5.79.